The number of nitrogens with one attached hydrogen (secondary N) is 1. The van der Waals surface area contributed by atoms with Gasteiger partial charge in [0.1, 0.15) is 0 Å². The van der Waals surface area contributed by atoms with E-state index in [-0.39, 0.29) is 29.0 Å². The van der Waals surface area contributed by atoms with Gasteiger partial charge in [0, 0.05) is 12.1 Å². The molecule has 1 aromatic carbocycles. The molecule has 0 bridgehead atoms. The fourth-order valence-electron chi connectivity index (χ4n) is 2.51. The third-order valence-electron chi connectivity index (χ3n) is 4.15. The summed E-state index contributed by atoms with van der Waals surface area (Å²) in [5.74, 6) is -0.135. The first-order valence-electron chi connectivity index (χ1n) is 7.62. The molecule has 1 saturated carbocycles. The Morgan fingerprint density at radius 1 is 1.42 bits per heavy atom. The number of hydrogen-bond acceptors (Lipinski definition) is 5. The third-order valence-corrected chi connectivity index (χ3v) is 4.43. The highest BCUT2D eigenvalue weighted by Crippen LogP contribution is 2.40. The van der Waals surface area contributed by atoms with Gasteiger partial charge < -0.3 is 26.3 Å². The molecule has 1 atom stereocenters. The predicted molar refractivity (Wildman–Crippen MR) is 90.3 cm³/mol. The van der Waals surface area contributed by atoms with Crippen LogP contribution in [0.25, 0.3) is 0 Å². The zero-order valence-corrected chi connectivity index (χ0v) is 14.5. The second kappa shape index (κ2) is 7.27. The van der Waals surface area contributed by atoms with Crippen LogP contribution < -0.4 is 26.3 Å². The Hall–Kier alpha value is -1.99. The maximum atomic E-state index is 12.6. The van der Waals surface area contributed by atoms with E-state index in [0.29, 0.717) is 18.0 Å². The summed E-state index contributed by atoms with van der Waals surface area (Å²) in [6.45, 7) is 1.95. The Morgan fingerprint density at radius 3 is 2.58 bits per heavy atom. The molecule has 1 aliphatic rings. The van der Waals surface area contributed by atoms with Crippen molar-refractivity contribution in [3.05, 3.63) is 22.7 Å². The van der Waals surface area contributed by atoms with E-state index in [2.05, 4.69) is 5.32 Å². The molecule has 1 fully saturated rings. The number of methoxy groups -OCH3 is 1. The van der Waals surface area contributed by atoms with Gasteiger partial charge in [-0.2, -0.15) is 0 Å². The van der Waals surface area contributed by atoms with Gasteiger partial charge in [0.25, 0.3) is 11.8 Å². The van der Waals surface area contributed by atoms with Crippen molar-refractivity contribution < 1.29 is 19.1 Å². The SMILES string of the molecule is COc1cc(C(=O)NC(C)(CN)C2CC2)cc(Cl)c1OCC(N)=O. The van der Waals surface area contributed by atoms with E-state index >= 15 is 0 Å². The lowest BCUT2D eigenvalue weighted by Gasteiger charge is -2.29. The number of rotatable bonds is 8. The molecule has 7 nitrogen and oxygen atoms in total. The summed E-state index contributed by atoms with van der Waals surface area (Å²) in [6, 6.07) is 2.96. The van der Waals surface area contributed by atoms with E-state index in [1.165, 1.54) is 19.2 Å². The molecule has 0 radical (unpaired) electrons. The Morgan fingerprint density at radius 2 is 2.08 bits per heavy atom. The molecule has 0 aromatic heterocycles. The minimum Gasteiger partial charge on any atom is -0.493 e. The quantitative estimate of drug-likeness (QED) is 0.645. The second-order valence-corrected chi connectivity index (χ2v) is 6.50. The van der Waals surface area contributed by atoms with E-state index in [1.54, 1.807) is 0 Å². The molecule has 24 heavy (non-hydrogen) atoms. The lowest BCUT2D eigenvalue weighted by Crippen LogP contribution is -2.53. The minimum atomic E-state index is -0.641. The van der Waals surface area contributed by atoms with Crippen molar-refractivity contribution >= 4 is 23.4 Å². The maximum Gasteiger partial charge on any atom is 0.255 e. The number of ether oxygens (including phenoxy) is 2. The van der Waals surface area contributed by atoms with Crippen LogP contribution in [-0.4, -0.2) is 37.6 Å². The van der Waals surface area contributed by atoms with Crippen molar-refractivity contribution in [3.63, 3.8) is 0 Å². The van der Waals surface area contributed by atoms with Crippen LogP contribution in [0.4, 0.5) is 0 Å². The Bertz CT molecular complexity index is 648. The average Bonchev–Trinajstić information content (AvgIpc) is 3.37. The lowest BCUT2D eigenvalue weighted by molar-refractivity contribution is -0.119. The number of primary amides is 1. The molecule has 2 rings (SSSR count). The minimum absolute atomic E-state index is 0.154. The summed E-state index contributed by atoms with van der Waals surface area (Å²) < 4.78 is 10.4. The van der Waals surface area contributed by atoms with Crippen LogP contribution in [0.1, 0.15) is 30.1 Å². The summed E-state index contributed by atoms with van der Waals surface area (Å²) in [4.78, 5) is 23.4. The molecule has 1 unspecified atom stereocenters. The van der Waals surface area contributed by atoms with Crippen molar-refractivity contribution in [3.8, 4) is 11.5 Å². The predicted octanol–water partition coefficient (Wildman–Crippen LogP) is 1.07. The zero-order valence-electron chi connectivity index (χ0n) is 13.7. The summed E-state index contributed by atoms with van der Waals surface area (Å²) in [5, 5.41) is 3.13. The van der Waals surface area contributed by atoms with Crippen molar-refractivity contribution in [2.75, 3.05) is 20.3 Å². The van der Waals surface area contributed by atoms with Gasteiger partial charge in [0.15, 0.2) is 18.1 Å². The highest BCUT2D eigenvalue weighted by atomic mass is 35.5. The number of carbonyl (C=O) groups is 2. The van der Waals surface area contributed by atoms with Gasteiger partial charge in [0.2, 0.25) is 0 Å². The van der Waals surface area contributed by atoms with Crippen LogP contribution >= 0.6 is 11.6 Å². The number of amides is 2. The molecule has 0 heterocycles. The normalized spacial score (nSPS) is 16.2. The maximum absolute atomic E-state index is 12.6. The Balaban J connectivity index is 2.22. The first-order chi connectivity index (χ1) is 11.3. The first kappa shape index (κ1) is 18.4. The van der Waals surface area contributed by atoms with Crippen molar-refractivity contribution in [1.29, 1.82) is 0 Å². The number of nitrogens with two attached hydrogens (primary N) is 2. The van der Waals surface area contributed by atoms with Gasteiger partial charge in [-0.15, -0.1) is 0 Å². The molecule has 132 valence electrons. The topological polar surface area (TPSA) is 117 Å². The highest BCUT2D eigenvalue weighted by Gasteiger charge is 2.41. The largest absolute Gasteiger partial charge is 0.493 e. The number of halogens is 1. The zero-order chi connectivity index (χ0) is 17.9. The molecule has 1 aliphatic carbocycles. The standard InChI is InChI=1S/C16H22ClN3O4/c1-16(8-18,10-3-4-10)20-15(22)9-5-11(17)14(12(6-9)23-2)24-7-13(19)21/h5-6,10H,3-4,7-8,18H2,1-2H3,(H2,19,21)(H,20,22). The van der Waals surface area contributed by atoms with Crippen molar-refractivity contribution in [2.24, 2.45) is 17.4 Å². The number of carbonyl (C=O) groups excluding carboxylic acids is 2. The molecule has 8 heteroatoms. The molecular formula is C16H22ClN3O4. The van der Waals surface area contributed by atoms with Crippen LogP contribution in [0.5, 0.6) is 11.5 Å². The van der Waals surface area contributed by atoms with Crippen LogP contribution in [0.2, 0.25) is 5.02 Å². The molecular weight excluding hydrogens is 334 g/mol. The van der Waals surface area contributed by atoms with Gasteiger partial charge in [-0.05, 0) is 37.8 Å². The van der Waals surface area contributed by atoms with Gasteiger partial charge in [-0.3, -0.25) is 9.59 Å². The van der Waals surface area contributed by atoms with E-state index < -0.39 is 11.4 Å². The van der Waals surface area contributed by atoms with Gasteiger partial charge in [0.05, 0.1) is 17.7 Å². The number of benzene rings is 1. The van der Waals surface area contributed by atoms with Gasteiger partial charge >= 0.3 is 0 Å². The molecule has 1 aromatic rings. The average molecular weight is 356 g/mol. The second-order valence-electron chi connectivity index (χ2n) is 6.09. The lowest BCUT2D eigenvalue weighted by atomic mass is 9.95. The first-order valence-corrected chi connectivity index (χ1v) is 7.99. The molecule has 2 amide bonds. The smallest absolute Gasteiger partial charge is 0.255 e. The monoisotopic (exact) mass is 355 g/mol. The highest BCUT2D eigenvalue weighted by molar-refractivity contribution is 6.32. The fourth-order valence-corrected chi connectivity index (χ4v) is 2.77. The van der Waals surface area contributed by atoms with Crippen LogP contribution in [0.3, 0.4) is 0 Å². The van der Waals surface area contributed by atoms with Crippen LogP contribution in [0, 0.1) is 5.92 Å². The van der Waals surface area contributed by atoms with Crippen LogP contribution in [-0.2, 0) is 4.79 Å². The van der Waals surface area contributed by atoms with E-state index in [1.807, 2.05) is 6.92 Å². The Labute approximate surface area is 145 Å². The summed E-state index contributed by atoms with van der Waals surface area (Å²) in [6.07, 6.45) is 2.11. The molecule has 0 aliphatic heterocycles. The molecule has 0 saturated heterocycles. The van der Waals surface area contributed by atoms with Crippen molar-refractivity contribution in [1.82, 2.24) is 5.32 Å². The summed E-state index contributed by atoms with van der Waals surface area (Å²) in [5.41, 5.74) is 10.8. The van der Waals surface area contributed by atoms with Gasteiger partial charge in [-0.1, -0.05) is 11.6 Å². The number of hydrogen-bond donors (Lipinski definition) is 3. The summed E-state index contributed by atoms with van der Waals surface area (Å²) in [7, 11) is 1.42. The third kappa shape index (κ3) is 4.10. The van der Waals surface area contributed by atoms with E-state index in [4.69, 9.17) is 32.5 Å². The molecule has 0 spiro atoms. The molecule has 5 N–H and O–H groups in total. The fraction of sp³-hybridized carbons (Fsp3) is 0.500. The van der Waals surface area contributed by atoms with E-state index in [9.17, 15) is 9.59 Å². The van der Waals surface area contributed by atoms with E-state index in [0.717, 1.165) is 12.8 Å². The van der Waals surface area contributed by atoms with Gasteiger partial charge in [-0.25, -0.2) is 0 Å². The van der Waals surface area contributed by atoms with Crippen LogP contribution in [0.15, 0.2) is 12.1 Å². The Kier molecular flexibility index (Phi) is 5.56. The van der Waals surface area contributed by atoms with Crippen molar-refractivity contribution in [2.45, 2.75) is 25.3 Å². The summed E-state index contributed by atoms with van der Waals surface area (Å²) >= 11 is 6.16.